The van der Waals surface area contributed by atoms with Gasteiger partial charge in [-0.05, 0) is 29.5 Å². The fourth-order valence-electron chi connectivity index (χ4n) is 3.26. The molecule has 0 saturated heterocycles. The van der Waals surface area contributed by atoms with E-state index in [1.165, 1.54) is 0 Å². The van der Waals surface area contributed by atoms with Gasteiger partial charge in [0.25, 0.3) is 0 Å². The maximum atomic E-state index is 12.3. The number of benzene rings is 1. The number of hydrogen-bond donors (Lipinski definition) is 3. The molecule has 2 unspecified atom stereocenters. The topological polar surface area (TPSA) is 95.5 Å². The zero-order valence-corrected chi connectivity index (χ0v) is 12.5. The van der Waals surface area contributed by atoms with Gasteiger partial charge in [0.05, 0.1) is 11.8 Å². The molecule has 1 aliphatic heterocycles. The number of aliphatic carboxylic acids is 1. The van der Waals surface area contributed by atoms with E-state index in [-0.39, 0.29) is 11.8 Å². The van der Waals surface area contributed by atoms with Crippen LogP contribution >= 0.6 is 0 Å². The number of carboxylic acids is 1. The van der Waals surface area contributed by atoms with Crippen molar-refractivity contribution in [2.24, 2.45) is 17.3 Å². The third-order valence-corrected chi connectivity index (χ3v) is 4.65. The smallest absolute Gasteiger partial charge is 0.307 e. The van der Waals surface area contributed by atoms with Crippen molar-refractivity contribution in [2.45, 2.75) is 26.7 Å². The second-order valence-corrected chi connectivity index (χ2v) is 6.52. The molecule has 1 aliphatic carbocycles. The van der Waals surface area contributed by atoms with Crippen LogP contribution in [-0.2, 0) is 20.8 Å². The third-order valence-electron chi connectivity index (χ3n) is 4.65. The van der Waals surface area contributed by atoms with Gasteiger partial charge < -0.3 is 15.7 Å². The molecule has 1 saturated carbocycles. The van der Waals surface area contributed by atoms with Crippen LogP contribution in [0.4, 0.5) is 11.4 Å². The predicted molar refractivity (Wildman–Crippen MR) is 80.4 cm³/mol. The van der Waals surface area contributed by atoms with Gasteiger partial charge in [-0.1, -0.05) is 19.9 Å². The molecule has 22 heavy (non-hydrogen) atoms. The fourth-order valence-corrected chi connectivity index (χ4v) is 3.26. The summed E-state index contributed by atoms with van der Waals surface area (Å²) in [7, 11) is 0. The van der Waals surface area contributed by atoms with Crippen molar-refractivity contribution in [1.29, 1.82) is 0 Å². The lowest BCUT2D eigenvalue weighted by Crippen LogP contribution is -2.20. The number of carboxylic acid groups (broad SMARTS) is 1. The average Bonchev–Trinajstić information content (AvgIpc) is 3.01. The predicted octanol–water partition coefficient (Wildman–Crippen LogP) is 1.87. The van der Waals surface area contributed by atoms with Gasteiger partial charge in [-0.25, -0.2) is 0 Å². The van der Waals surface area contributed by atoms with Crippen LogP contribution in [0.2, 0.25) is 0 Å². The summed E-state index contributed by atoms with van der Waals surface area (Å²) < 4.78 is 0. The molecule has 1 aromatic carbocycles. The monoisotopic (exact) mass is 302 g/mol. The molecular formula is C16H18N2O4. The highest BCUT2D eigenvalue weighted by molar-refractivity contribution is 6.01. The quantitative estimate of drug-likeness (QED) is 0.794. The van der Waals surface area contributed by atoms with Crippen molar-refractivity contribution < 1.29 is 19.5 Å². The van der Waals surface area contributed by atoms with Crippen LogP contribution in [-0.4, -0.2) is 22.9 Å². The SMILES string of the molecule is CC1(C)C(C(=O)O)C1C(=O)Nc1ccc2c(c1)NC(=O)CC2. The number of amides is 2. The van der Waals surface area contributed by atoms with Gasteiger partial charge in [0.1, 0.15) is 0 Å². The maximum absolute atomic E-state index is 12.3. The lowest BCUT2D eigenvalue weighted by molar-refractivity contribution is -0.140. The number of hydrogen-bond acceptors (Lipinski definition) is 3. The molecule has 6 heteroatoms. The molecule has 6 nitrogen and oxygen atoms in total. The molecule has 116 valence electrons. The Morgan fingerprint density at radius 3 is 2.64 bits per heavy atom. The Labute approximate surface area is 127 Å². The molecule has 0 bridgehead atoms. The van der Waals surface area contributed by atoms with Gasteiger partial charge in [-0.15, -0.1) is 0 Å². The number of rotatable bonds is 3. The Bertz CT molecular complexity index is 681. The molecule has 0 spiro atoms. The van der Waals surface area contributed by atoms with Crippen LogP contribution in [0.15, 0.2) is 18.2 Å². The van der Waals surface area contributed by atoms with E-state index in [1.54, 1.807) is 26.0 Å². The lowest BCUT2D eigenvalue weighted by Gasteiger charge is -2.18. The molecule has 1 aromatic rings. The largest absolute Gasteiger partial charge is 0.481 e. The molecule has 1 heterocycles. The van der Waals surface area contributed by atoms with Gasteiger partial charge in [0.15, 0.2) is 0 Å². The minimum Gasteiger partial charge on any atom is -0.481 e. The van der Waals surface area contributed by atoms with Crippen LogP contribution in [0, 0.1) is 17.3 Å². The summed E-state index contributed by atoms with van der Waals surface area (Å²) >= 11 is 0. The van der Waals surface area contributed by atoms with Crippen molar-refractivity contribution in [3.05, 3.63) is 23.8 Å². The minimum absolute atomic E-state index is 0.0368. The molecular weight excluding hydrogens is 284 g/mol. The van der Waals surface area contributed by atoms with Crippen molar-refractivity contribution in [3.63, 3.8) is 0 Å². The number of nitrogens with one attached hydrogen (secondary N) is 2. The Kier molecular flexibility index (Phi) is 3.20. The molecule has 2 amide bonds. The highest BCUT2D eigenvalue weighted by atomic mass is 16.4. The van der Waals surface area contributed by atoms with Gasteiger partial charge in [0, 0.05) is 17.8 Å². The van der Waals surface area contributed by atoms with E-state index < -0.39 is 23.2 Å². The van der Waals surface area contributed by atoms with Crippen LogP contribution in [0.25, 0.3) is 0 Å². The van der Waals surface area contributed by atoms with Gasteiger partial charge >= 0.3 is 5.97 Å². The first-order chi connectivity index (χ1) is 10.3. The van der Waals surface area contributed by atoms with E-state index in [0.29, 0.717) is 24.2 Å². The molecule has 3 rings (SSSR count). The number of anilines is 2. The van der Waals surface area contributed by atoms with E-state index in [0.717, 1.165) is 5.56 Å². The number of carbonyl (C=O) groups excluding carboxylic acids is 2. The first-order valence-electron chi connectivity index (χ1n) is 7.27. The van der Waals surface area contributed by atoms with E-state index in [4.69, 9.17) is 5.11 Å². The van der Waals surface area contributed by atoms with Gasteiger partial charge in [-0.2, -0.15) is 0 Å². The van der Waals surface area contributed by atoms with Crippen LogP contribution in [0.3, 0.4) is 0 Å². The van der Waals surface area contributed by atoms with Crippen LogP contribution < -0.4 is 10.6 Å². The van der Waals surface area contributed by atoms with E-state index >= 15 is 0 Å². The Hall–Kier alpha value is -2.37. The Balaban J connectivity index is 1.74. The van der Waals surface area contributed by atoms with Gasteiger partial charge in [-0.3, -0.25) is 14.4 Å². The zero-order chi connectivity index (χ0) is 16.1. The van der Waals surface area contributed by atoms with Crippen LogP contribution in [0.5, 0.6) is 0 Å². The van der Waals surface area contributed by atoms with Crippen molar-refractivity contribution >= 4 is 29.2 Å². The Morgan fingerprint density at radius 1 is 1.27 bits per heavy atom. The summed E-state index contributed by atoms with van der Waals surface area (Å²) in [4.78, 5) is 34.8. The number of fused-ring (bicyclic) bond motifs is 1. The normalized spacial score (nSPS) is 24.9. The van der Waals surface area contributed by atoms with Crippen molar-refractivity contribution in [1.82, 2.24) is 0 Å². The molecule has 1 fully saturated rings. The summed E-state index contributed by atoms with van der Waals surface area (Å²) in [6.07, 6.45) is 1.15. The highest BCUT2D eigenvalue weighted by Crippen LogP contribution is 2.58. The zero-order valence-electron chi connectivity index (χ0n) is 12.5. The minimum atomic E-state index is -0.942. The fraction of sp³-hybridized carbons (Fsp3) is 0.438. The molecule has 0 radical (unpaired) electrons. The summed E-state index contributed by atoms with van der Waals surface area (Å²) in [6.45, 7) is 3.56. The average molecular weight is 302 g/mol. The Morgan fingerprint density at radius 2 is 2.00 bits per heavy atom. The second-order valence-electron chi connectivity index (χ2n) is 6.52. The van der Waals surface area contributed by atoms with Crippen molar-refractivity contribution in [3.8, 4) is 0 Å². The summed E-state index contributed by atoms with van der Waals surface area (Å²) in [6, 6.07) is 5.37. The first-order valence-corrected chi connectivity index (χ1v) is 7.27. The van der Waals surface area contributed by atoms with E-state index in [9.17, 15) is 14.4 Å². The van der Waals surface area contributed by atoms with E-state index in [1.807, 2.05) is 6.07 Å². The second kappa shape index (κ2) is 4.83. The lowest BCUT2D eigenvalue weighted by atomic mass is 10.0. The maximum Gasteiger partial charge on any atom is 0.307 e. The first kappa shape index (κ1) is 14.6. The molecule has 3 N–H and O–H groups in total. The number of aryl methyl sites for hydroxylation is 1. The molecule has 2 aliphatic rings. The third kappa shape index (κ3) is 2.34. The van der Waals surface area contributed by atoms with Gasteiger partial charge in [0.2, 0.25) is 11.8 Å². The standard InChI is InChI=1S/C16H18N2O4/c1-16(2)12(13(16)15(21)22)14(20)17-9-5-3-8-4-6-11(19)18-10(8)7-9/h3,5,7,12-13H,4,6H2,1-2H3,(H,17,20)(H,18,19)(H,21,22). The summed E-state index contributed by atoms with van der Waals surface area (Å²) in [5.74, 6) is -2.45. The van der Waals surface area contributed by atoms with E-state index in [2.05, 4.69) is 10.6 Å². The summed E-state index contributed by atoms with van der Waals surface area (Å²) in [5, 5.41) is 14.7. The molecule has 2 atom stereocenters. The number of carbonyl (C=O) groups is 3. The summed E-state index contributed by atoms with van der Waals surface area (Å²) in [5.41, 5.74) is 1.78. The highest BCUT2D eigenvalue weighted by Gasteiger charge is 2.65. The molecule has 0 aromatic heterocycles. The van der Waals surface area contributed by atoms with Crippen LogP contribution in [0.1, 0.15) is 25.8 Å². The van der Waals surface area contributed by atoms with Crippen molar-refractivity contribution in [2.75, 3.05) is 10.6 Å².